The molecule has 1 aliphatic rings. The van der Waals surface area contributed by atoms with Gasteiger partial charge >= 0.3 is 6.18 Å². The lowest BCUT2D eigenvalue weighted by Gasteiger charge is -2.31. The summed E-state index contributed by atoms with van der Waals surface area (Å²) in [6, 6.07) is 10.6. The van der Waals surface area contributed by atoms with Gasteiger partial charge < -0.3 is 15.0 Å². The van der Waals surface area contributed by atoms with E-state index in [9.17, 15) is 18.0 Å². The van der Waals surface area contributed by atoms with Gasteiger partial charge in [0.2, 0.25) is 0 Å². The molecule has 2 aromatic carbocycles. The van der Waals surface area contributed by atoms with Gasteiger partial charge in [-0.1, -0.05) is 32.9 Å². The minimum Gasteiger partial charge on any atom is -0.378 e. The van der Waals surface area contributed by atoms with Crippen LogP contribution in [0, 0.1) is 0 Å². The van der Waals surface area contributed by atoms with E-state index in [0.717, 1.165) is 17.7 Å². The molecule has 3 rings (SSSR count). The first-order chi connectivity index (χ1) is 14.9. The number of hydrogen-bond acceptors (Lipinski definition) is 4. The second kappa shape index (κ2) is 9.46. The van der Waals surface area contributed by atoms with E-state index in [0.29, 0.717) is 37.6 Å². The molecule has 0 radical (unpaired) electrons. The number of rotatable bonds is 3. The number of halogens is 3. The van der Waals surface area contributed by atoms with Crippen molar-refractivity contribution in [2.75, 3.05) is 36.5 Å². The van der Waals surface area contributed by atoms with Crippen LogP contribution in [0.1, 0.15) is 42.3 Å². The molecule has 1 amide bonds. The van der Waals surface area contributed by atoms with Gasteiger partial charge in [0, 0.05) is 18.7 Å². The van der Waals surface area contributed by atoms with Gasteiger partial charge in [-0.3, -0.25) is 10.1 Å². The van der Waals surface area contributed by atoms with Gasteiger partial charge in [0.05, 0.1) is 30.2 Å². The van der Waals surface area contributed by atoms with Crippen molar-refractivity contribution in [3.05, 3.63) is 59.2 Å². The average molecular weight is 466 g/mol. The summed E-state index contributed by atoms with van der Waals surface area (Å²) in [5.74, 6) is -0.442. The zero-order valence-electron chi connectivity index (χ0n) is 18.2. The molecule has 1 fully saturated rings. The molecule has 9 heteroatoms. The molecule has 0 spiro atoms. The Kier molecular flexibility index (Phi) is 7.09. The van der Waals surface area contributed by atoms with E-state index in [-0.39, 0.29) is 16.2 Å². The number of hydrogen-bond donors (Lipinski definition) is 2. The Bertz CT molecular complexity index is 979. The highest BCUT2D eigenvalue weighted by Crippen LogP contribution is 2.35. The number of morpholine rings is 1. The van der Waals surface area contributed by atoms with E-state index in [2.05, 4.69) is 31.4 Å². The third kappa shape index (κ3) is 5.98. The first-order valence-corrected chi connectivity index (χ1v) is 10.6. The average Bonchev–Trinajstić information content (AvgIpc) is 2.73. The molecule has 0 saturated carbocycles. The number of benzene rings is 2. The first kappa shape index (κ1) is 24.0. The monoisotopic (exact) mass is 465 g/mol. The van der Waals surface area contributed by atoms with Crippen molar-refractivity contribution in [1.29, 1.82) is 0 Å². The molecule has 1 aliphatic heterocycles. The maximum absolute atomic E-state index is 13.3. The maximum atomic E-state index is 13.3. The molecular formula is C23H26F3N3O2S. The molecule has 0 bridgehead atoms. The molecule has 0 atom stereocenters. The lowest BCUT2D eigenvalue weighted by atomic mass is 9.87. The molecule has 32 heavy (non-hydrogen) atoms. The lowest BCUT2D eigenvalue weighted by Crippen LogP contribution is -2.38. The van der Waals surface area contributed by atoms with Crippen LogP contribution < -0.4 is 15.5 Å². The Morgan fingerprint density at radius 1 is 1.00 bits per heavy atom. The van der Waals surface area contributed by atoms with Crippen LogP contribution in [-0.2, 0) is 16.3 Å². The minimum absolute atomic E-state index is 0.0503. The van der Waals surface area contributed by atoms with Crippen LogP contribution in [0.25, 0.3) is 0 Å². The van der Waals surface area contributed by atoms with Crippen molar-refractivity contribution in [2.45, 2.75) is 32.4 Å². The second-order valence-electron chi connectivity index (χ2n) is 8.56. The SMILES string of the molecule is CC(C)(C)c1ccc(C(=O)NC(=S)Nc2cc(C(F)(F)F)ccc2N2CCOCC2)cc1. The number of alkyl halides is 3. The molecular weight excluding hydrogens is 439 g/mol. The van der Waals surface area contributed by atoms with E-state index in [4.69, 9.17) is 17.0 Å². The summed E-state index contributed by atoms with van der Waals surface area (Å²) in [5, 5.41) is 5.24. The number of nitrogens with zero attached hydrogens (tertiary/aromatic N) is 1. The smallest absolute Gasteiger partial charge is 0.378 e. The van der Waals surface area contributed by atoms with Crippen LogP contribution >= 0.6 is 12.2 Å². The van der Waals surface area contributed by atoms with E-state index in [1.165, 1.54) is 6.07 Å². The van der Waals surface area contributed by atoms with Gasteiger partial charge in [-0.25, -0.2) is 0 Å². The second-order valence-corrected chi connectivity index (χ2v) is 8.97. The number of carbonyl (C=O) groups is 1. The first-order valence-electron chi connectivity index (χ1n) is 10.2. The van der Waals surface area contributed by atoms with E-state index in [1.54, 1.807) is 12.1 Å². The fourth-order valence-corrected chi connectivity index (χ4v) is 3.55. The predicted octanol–water partition coefficient (Wildman–Crippen LogP) is 4.97. The van der Waals surface area contributed by atoms with E-state index in [1.807, 2.05) is 17.0 Å². The van der Waals surface area contributed by atoms with Crippen molar-refractivity contribution < 1.29 is 22.7 Å². The summed E-state index contributed by atoms with van der Waals surface area (Å²) < 4.78 is 45.1. The summed E-state index contributed by atoms with van der Waals surface area (Å²) in [5.41, 5.74) is 1.37. The van der Waals surface area contributed by atoms with Crippen molar-refractivity contribution in [3.63, 3.8) is 0 Å². The number of amides is 1. The largest absolute Gasteiger partial charge is 0.416 e. The zero-order valence-corrected chi connectivity index (χ0v) is 19.0. The molecule has 1 heterocycles. The van der Waals surface area contributed by atoms with Crippen LogP contribution in [0.2, 0.25) is 0 Å². The molecule has 0 unspecified atom stereocenters. The molecule has 2 N–H and O–H groups in total. The fraction of sp³-hybridized carbons (Fsp3) is 0.391. The highest BCUT2D eigenvalue weighted by molar-refractivity contribution is 7.80. The van der Waals surface area contributed by atoms with Crippen LogP contribution in [0.5, 0.6) is 0 Å². The van der Waals surface area contributed by atoms with Crippen LogP contribution in [0.15, 0.2) is 42.5 Å². The Hall–Kier alpha value is -2.65. The quantitative estimate of drug-likeness (QED) is 0.627. The Balaban J connectivity index is 1.77. The summed E-state index contributed by atoms with van der Waals surface area (Å²) >= 11 is 5.23. The topological polar surface area (TPSA) is 53.6 Å². The highest BCUT2D eigenvalue weighted by Gasteiger charge is 2.32. The Morgan fingerprint density at radius 2 is 1.59 bits per heavy atom. The van der Waals surface area contributed by atoms with Crippen molar-refractivity contribution >= 4 is 34.6 Å². The molecule has 5 nitrogen and oxygen atoms in total. The Labute approximate surface area is 190 Å². The van der Waals surface area contributed by atoms with Crippen LogP contribution in [0.3, 0.4) is 0 Å². The fourth-order valence-electron chi connectivity index (χ4n) is 3.34. The molecule has 1 saturated heterocycles. The number of anilines is 2. The van der Waals surface area contributed by atoms with E-state index < -0.39 is 17.6 Å². The lowest BCUT2D eigenvalue weighted by molar-refractivity contribution is -0.137. The van der Waals surface area contributed by atoms with Gasteiger partial charge in [0.1, 0.15) is 0 Å². The number of nitrogens with one attached hydrogen (secondary N) is 2. The number of ether oxygens (including phenoxy) is 1. The van der Waals surface area contributed by atoms with Gasteiger partial charge in [-0.2, -0.15) is 13.2 Å². The third-order valence-electron chi connectivity index (χ3n) is 5.16. The zero-order chi connectivity index (χ0) is 23.5. The maximum Gasteiger partial charge on any atom is 0.416 e. The van der Waals surface area contributed by atoms with Gasteiger partial charge in [0.25, 0.3) is 5.91 Å². The molecule has 0 aromatic heterocycles. The summed E-state index contributed by atoms with van der Waals surface area (Å²) in [6.45, 7) is 8.25. The van der Waals surface area contributed by atoms with Gasteiger partial charge in [-0.15, -0.1) is 0 Å². The summed E-state index contributed by atoms with van der Waals surface area (Å²) in [7, 11) is 0. The summed E-state index contributed by atoms with van der Waals surface area (Å²) in [6.07, 6.45) is -4.50. The Morgan fingerprint density at radius 3 is 2.16 bits per heavy atom. The minimum atomic E-state index is -4.50. The third-order valence-corrected chi connectivity index (χ3v) is 5.37. The predicted molar refractivity (Wildman–Crippen MR) is 123 cm³/mol. The molecule has 172 valence electrons. The molecule has 2 aromatic rings. The standard InChI is InChI=1S/C23H26F3N3O2S/c1-22(2,3)16-6-4-15(5-7-16)20(30)28-21(32)27-18-14-17(23(24,25)26)8-9-19(18)29-10-12-31-13-11-29/h4-9,14H,10-13H2,1-3H3,(H2,27,28,30,32). The number of thiocarbonyl (C=S) groups is 1. The van der Waals surface area contributed by atoms with Crippen LogP contribution in [0.4, 0.5) is 24.5 Å². The normalized spacial score (nSPS) is 14.8. The van der Waals surface area contributed by atoms with Gasteiger partial charge in [0.15, 0.2) is 5.11 Å². The van der Waals surface area contributed by atoms with Crippen molar-refractivity contribution in [3.8, 4) is 0 Å². The molecule has 0 aliphatic carbocycles. The van der Waals surface area contributed by atoms with E-state index >= 15 is 0 Å². The number of carbonyl (C=O) groups excluding carboxylic acids is 1. The van der Waals surface area contributed by atoms with Crippen molar-refractivity contribution in [2.24, 2.45) is 0 Å². The van der Waals surface area contributed by atoms with Crippen LogP contribution in [-0.4, -0.2) is 37.3 Å². The van der Waals surface area contributed by atoms with Gasteiger partial charge in [-0.05, 0) is 53.5 Å². The summed E-state index contributed by atoms with van der Waals surface area (Å²) in [4.78, 5) is 14.5. The van der Waals surface area contributed by atoms with Crippen molar-refractivity contribution in [1.82, 2.24) is 5.32 Å². The highest BCUT2D eigenvalue weighted by atomic mass is 32.1.